The van der Waals surface area contributed by atoms with E-state index in [2.05, 4.69) is 17.0 Å². The third-order valence-corrected chi connectivity index (χ3v) is 4.02. The molecule has 100 valence electrons. The summed E-state index contributed by atoms with van der Waals surface area (Å²) in [5.41, 5.74) is 1.15. The van der Waals surface area contributed by atoms with Gasteiger partial charge in [0, 0.05) is 10.9 Å². The first-order chi connectivity index (χ1) is 8.47. The lowest BCUT2D eigenvalue weighted by molar-refractivity contribution is -0.141. The predicted octanol–water partition coefficient (Wildman–Crippen LogP) is 2.30. The Kier molecular flexibility index (Phi) is 5.34. The fourth-order valence-electron chi connectivity index (χ4n) is 1.66. The topological polar surface area (TPSA) is 55.4 Å². The highest BCUT2D eigenvalue weighted by Crippen LogP contribution is 2.22. The normalized spacial score (nSPS) is 12.0. The summed E-state index contributed by atoms with van der Waals surface area (Å²) >= 11 is 1.51. The second kappa shape index (κ2) is 6.54. The molecule has 0 saturated heterocycles. The van der Waals surface area contributed by atoms with E-state index in [1.165, 1.54) is 23.3 Å². The molecule has 0 aliphatic rings. The Morgan fingerprint density at radius 3 is 2.67 bits per heavy atom. The van der Waals surface area contributed by atoms with Crippen LogP contribution in [0.3, 0.4) is 0 Å². The molecular weight excluding hydrogens is 250 g/mol. The van der Waals surface area contributed by atoms with Crippen LogP contribution in [-0.2, 0) is 16.0 Å². The Morgan fingerprint density at radius 2 is 2.17 bits per heavy atom. The third kappa shape index (κ3) is 3.84. The van der Waals surface area contributed by atoms with Crippen LogP contribution in [0.5, 0.6) is 0 Å². The lowest BCUT2D eigenvalue weighted by atomic mass is 10.2. The Labute approximate surface area is 111 Å². The van der Waals surface area contributed by atoms with Crippen molar-refractivity contribution >= 4 is 23.2 Å². The number of methoxy groups -OCH3 is 1. The lowest BCUT2D eigenvalue weighted by Crippen LogP contribution is -2.34. The molecule has 18 heavy (non-hydrogen) atoms. The number of amides is 1. The summed E-state index contributed by atoms with van der Waals surface area (Å²) in [6.45, 7) is 5.86. The minimum Gasteiger partial charge on any atom is -0.469 e. The molecule has 1 aromatic heterocycles. The number of hydrogen-bond acceptors (Lipinski definition) is 4. The highest BCUT2D eigenvalue weighted by molar-refractivity contribution is 7.14. The number of carbonyl (C=O) groups excluding carboxylic acids is 2. The monoisotopic (exact) mass is 269 g/mol. The molecule has 1 heterocycles. The van der Waals surface area contributed by atoms with E-state index in [9.17, 15) is 9.59 Å². The number of ether oxygens (including phenoxy) is 1. The summed E-state index contributed by atoms with van der Waals surface area (Å²) in [6.07, 6.45) is 1.12. The number of esters is 1. The first kappa shape index (κ1) is 14.7. The van der Waals surface area contributed by atoms with Gasteiger partial charge in [0.05, 0.1) is 18.4 Å². The fourth-order valence-corrected chi connectivity index (χ4v) is 2.68. The Morgan fingerprint density at radius 1 is 1.50 bits per heavy atom. The van der Waals surface area contributed by atoms with E-state index in [0.29, 0.717) is 4.88 Å². The van der Waals surface area contributed by atoms with Crippen molar-refractivity contribution in [3.05, 3.63) is 21.4 Å². The lowest BCUT2D eigenvalue weighted by Gasteiger charge is -2.11. The van der Waals surface area contributed by atoms with Crippen LogP contribution in [0.2, 0.25) is 0 Å². The summed E-state index contributed by atoms with van der Waals surface area (Å²) in [5.74, 6) is -0.446. The molecule has 1 rings (SSSR count). The van der Waals surface area contributed by atoms with Crippen LogP contribution in [0.25, 0.3) is 0 Å². The summed E-state index contributed by atoms with van der Waals surface area (Å²) in [4.78, 5) is 24.9. The Bertz CT molecular complexity index is 439. The van der Waals surface area contributed by atoms with Crippen molar-refractivity contribution in [2.75, 3.05) is 7.11 Å². The van der Waals surface area contributed by atoms with E-state index in [1.807, 2.05) is 13.0 Å². The van der Waals surface area contributed by atoms with Gasteiger partial charge in [0.15, 0.2) is 0 Å². The molecular formula is C13H19NO3S. The van der Waals surface area contributed by atoms with Gasteiger partial charge in [-0.2, -0.15) is 0 Å². The number of nitrogens with one attached hydrogen (secondary N) is 1. The zero-order valence-corrected chi connectivity index (χ0v) is 12.0. The molecule has 0 aliphatic carbocycles. The molecule has 0 fully saturated rings. The summed E-state index contributed by atoms with van der Waals surface area (Å²) < 4.78 is 4.56. The van der Waals surface area contributed by atoms with Crippen LogP contribution in [0, 0.1) is 6.92 Å². The second-order valence-corrected chi connectivity index (χ2v) is 5.36. The van der Waals surface area contributed by atoms with Crippen molar-refractivity contribution < 1.29 is 14.3 Å². The molecule has 4 nitrogen and oxygen atoms in total. The van der Waals surface area contributed by atoms with Crippen LogP contribution in [0.4, 0.5) is 0 Å². The van der Waals surface area contributed by atoms with Gasteiger partial charge in [-0.1, -0.05) is 6.92 Å². The fraction of sp³-hybridized carbons (Fsp3) is 0.538. The highest BCUT2D eigenvalue weighted by Gasteiger charge is 2.16. The van der Waals surface area contributed by atoms with Gasteiger partial charge >= 0.3 is 5.97 Å². The van der Waals surface area contributed by atoms with Crippen molar-refractivity contribution in [3.8, 4) is 0 Å². The van der Waals surface area contributed by atoms with Crippen molar-refractivity contribution in [2.45, 2.75) is 39.7 Å². The van der Waals surface area contributed by atoms with E-state index in [-0.39, 0.29) is 24.3 Å². The van der Waals surface area contributed by atoms with Crippen LogP contribution in [-0.4, -0.2) is 25.0 Å². The zero-order chi connectivity index (χ0) is 13.7. The van der Waals surface area contributed by atoms with Gasteiger partial charge in [0.25, 0.3) is 5.91 Å². The van der Waals surface area contributed by atoms with E-state index in [0.717, 1.165) is 12.0 Å². The minimum atomic E-state index is -0.320. The molecule has 0 bridgehead atoms. The van der Waals surface area contributed by atoms with Crippen molar-refractivity contribution in [1.82, 2.24) is 5.32 Å². The largest absolute Gasteiger partial charge is 0.469 e. The van der Waals surface area contributed by atoms with Crippen LogP contribution >= 0.6 is 11.3 Å². The van der Waals surface area contributed by atoms with Crippen LogP contribution in [0.15, 0.2) is 6.07 Å². The molecule has 0 aliphatic heterocycles. The van der Waals surface area contributed by atoms with Gasteiger partial charge in [0.1, 0.15) is 0 Å². The number of carbonyl (C=O) groups is 2. The van der Waals surface area contributed by atoms with Gasteiger partial charge in [0.2, 0.25) is 0 Å². The van der Waals surface area contributed by atoms with Crippen LogP contribution < -0.4 is 5.32 Å². The number of thiophene rings is 1. The zero-order valence-electron chi connectivity index (χ0n) is 11.2. The molecule has 0 saturated carbocycles. The molecule has 1 amide bonds. The van der Waals surface area contributed by atoms with Crippen molar-refractivity contribution in [3.63, 3.8) is 0 Å². The maximum atomic E-state index is 12.0. The SMILES string of the molecule is CCc1sc(C(=O)NC(C)CC(=O)OC)cc1C. The van der Waals surface area contributed by atoms with E-state index in [4.69, 9.17) is 0 Å². The molecule has 0 aromatic carbocycles. The number of rotatable bonds is 5. The third-order valence-electron chi connectivity index (χ3n) is 2.64. The first-order valence-corrected chi connectivity index (χ1v) is 6.76. The second-order valence-electron chi connectivity index (χ2n) is 4.23. The Balaban J connectivity index is 2.61. The standard InChI is InChI=1S/C13H19NO3S/c1-5-10-8(2)6-11(18-10)13(16)14-9(3)7-12(15)17-4/h6,9H,5,7H2,1-4H3,(H,14,16). The molecule has 1 atom stereocenters. The Hall–Kier alpha value is -1.36. The average molecular weight is 269 g/mol. The minimum absolute atomic E-state index is 0.126. The number of hydrogen-bond donors (Lipinski definition) is 1. The van der Waals surface area contributed by atoms with Gasteiger partial charge in [-0.05, 0) is 31.9 Å². The highest BCUT2D eigenvalue weighted by atomic mass is 32.1. The molecule has 1 unspecified atom stereocenters. The van der Waals surface area contributed by atoms with Crippen LogP contribution in [0.1, 0.15) is 40.4 Å². The van der Waals surface area contributed by atoms with E-state index < -0.39 is 0 Å². The van der Waals surface area contributed by atoms with Gasteiger partial charge < -0.3 is 10.1 Å². The van der Waals surface area contributed by atoms with E-state index in [1.54, 1.807) is 6.92 Å². The maximum Gasteiger partial charge on any atom is 0.307 e. The number of aryl methyl sites for hydroxylation is 2. The summed E-state index contributed by atoms with van der Waals surface area (Å²) in [6, 6.07) is 1.67. The summed E-state index contributed by atoms with van der Waals surface area (Å²) in [5, 5.41) is 2.80. The van der Waals surface area contributed by atoms with Gasteiger partial charge in [-0.3, -0.25) is 9.59 Å². The predicted molar refractivity (Wildman–Crippen MR) is 72.0 cm³/mol. The average Bonchev–Trinajstić information content (AvgIpc) is 2.70. The quantitative estimate of drug-likeness (QED) is 0.834. The molecule has 1 N–H and O–H groups in total. The van der Waals surface area contributed by atoms with Crippen molar-refractivity contribution in [2.24, 2.45) is 0 Å². The molecule has 0 radical (unpaired) electrons. The van der Waals surface area contributed by atoms with Crippen molar-refractivity contribution in [1.29, 1.82) is 0 Å². The smallest absolute Gasteiger partial charge is 0.307 e. The van der Waals surface area contributed by atoms with Gasteiger partial charge in [-0.15, -0.1) is 11.3 Å². The first-order valence-electron chi connectivity index (χ1n) is 5.94. The molecule has 1 aromatic rings. The van der Waals surface area contributed by atoms with Gasteiger partial charge in [-0.25, -0.2) is 0 Å². The molecule has 5 heteroatoms. The van der Waals surface area contributed by atoms with E-state index >= 15 is 0 Å². The molecule has 0 spiro atoms. The maximum absolute atomic E-state index is 12.0. The summed E-state index contributed by atoms with van der Waals surface area (Å²) in [7, 11) is 1.34.